The van der Waals surface area contributed by atoms with Gasteiger partial charge in [0, 0.05) is 11.8 Å². The van der Waals surface area contributed by atoms with Crippen molar-refractivity contribution >= 4 is 5.97 Å². The van der Waals surface area contributed by atoms with Crippen molar-refractivity contribution in [1.82, 2.24) is 4.98 Å². The molecule has 1 aromatic heterocycles. The second-order valence-electron chi connectivity index (χ2n) is 4.62. The van der Waals surface area contributed by atoms with E-state index in [2.05, 4.69) is 11.9 Å². The lowest BCUT2D eigenvalue weighted by molar-refractivity contribution is -0.137. The van der Waals surface area contributed by atoms with Crippen LogP contribution >= 0.6 is 0 Å². The molecule has 0 spiro atoms. The number of nitrogens with zero attached hydrogens (tertiary/aromatic N) is 1. The van der Waals surface area contributed by atoms with E-state index in [4.69, 9.17) is 9.84 Å². The fourth-order valence-corrected chi connectivity index (χ4v) is 2.19. The molecule has 4 nitrogen and oxygen atoms in total. The second-order valence-corrected chi connectivity index (χ2v) is 4.62. The quantitative estimate of drug-likeness (QED) is 0.693. The van der Waals surface area contributed by atoms with Gasteiger partial charge in [-0.3, -0.25) is 4.79 Å². The minimum absolute atomic E-state index is 0.0145. The van der Waals surface area contributed by atoms with Crippen LogP contribution in [0.4, 0.5) is 0 Å². The number of hydrogen-bond acceptors (Lipinski definition) is 3. The Morgan fingerprint density at radius 2 is 2.21 bits per heavy atom. The minimum Gasteiger partial charge on any atom is -0.481 e. The third-order valence-electron chi connectivity index (χ3n) is 3.10. The molecule has 1 N–H and O–H groups in total. The molecular weight excluding hydrogens is 242 g/mol. The van der Waals surface area contributed by atoms with Crippen molar-refractivity contribution in [3.05, 3.63) is 23.9 Å². The number of pyridine rings is 1. The van der Waals surface area contributed by atoms with Gasteiger partial charge in [0.05, 0.1) is 13.0 Å². The van der Waals surface area contributed by atoms with Crippen LogP contribution in [0.3, 0.4) is 0 Å². The highest BCUT2D eigenvalue weighted by atomic mass is 16.5. The van der Waals surface area contributed by atoms with Gasteiger partial charge in [-0.15, -0.1) is 0 Å². The molecule has 0 radical (unpaired) electrons. The summed E-state index contributed by atoms with van der Waals surface area (Å²) in [7, 11) is 0. The van der Waals surface area contributed by atoms with Gasteiger partial charge in [0.25, 0.3) is 0 Å². The van der Waals surface area contributed by atoms with Crippen molar-refractivity contribution in [2.45, 2.75) is 51.9 Å². The maximum absolute atomic E-state index is 11.0. The highest BCUT2D eigenvalue weighted by Gasteiger charge is 2.19. The lowest BCUT2D eigenvalue weighted by atomic mass is 9.91. The molecule has 0 saturated heterocycles. The van der Waals surface area contributed by atoms with Crippen molar-refractivity contribution in [1.29, 1.82) is 0 Å². The number of ether oxygens (including phenoxy) is 1. The fourth-order valence-electron chi connectivity index (χ4n) is 2.19. The van der Waals surface area contributed by atoms with Gasteiger partial charge in [-0.2, -0.15) is 0 Å². The number of rotatable bonds is 9. The molecule has 1 aromatic rings. The number of carboxylic acids is 1. The van der Waals surface area contributed by atoms with Crippen molar-refractivity contribution < 1.29 is 14.6 Å². The van der Waals surface area contributed by atoms with Gasteiger partial charge in [-0.05, 0) is 25.3 Å². The van der Waals surface area contributed by atoms with Crippen LogP contribution in [0.25, 0.3) is 0 Å². The Balaban J connectivity index is 2.85. The van der Waals surface area contributed by atoms with Crippen molar-refractivity contribution in [2.75, 3.05) is 6.61 Å². The van der Waals surface area contributed by atoms with E-state index in [1.54, 1.807) is 6.20 Å². The Labute approximate surface area is 114 Å². The first-order valence-electron chi connectivity index (χ1n) is 6.98. The normalized spacial score (nSPS) is 12.1. The van der Waals surface area contributed by atoms with Gasteiger partial charge >= 0.3 is 5.97 Å². The first-order valence-corrected chi connectivity index (χ1v) is 6.98. The minimum atomic E-state index is -0.771. The SMILES string of the molecule is CCCCCC(CC(=O)O)c1cccnc1OCC. The van der Waals surface area contributed by atoms with Crippen LogP contribution in [0.1, 0.15) is 57.4 Å². The molecule has 0 aliphatic carbocycles. The highest BCUT2D eigenvalue weighted by Crippen LogP contribution is 2.31. The molecular formula is C15H23NO3. The summed E-state index contributed by atoms with van der Waals surface area (Å²) in [6, 6.07) is 3.77. The van der Waals surface area contributed by atoms with Crippen LogP contribution < -0.4 is 4.74 Å². The lowest BCUT2D eigenvalue weighted by Crippen LogP contribution is -2.09. The smallest absolute Gasteiger partial charge is 0.303 e. The maximum atomic E-state index is 11.0. The molecule has 1 heterocycles. The Hall–Kier alpha value is -1.58. The number of hydrogen-bond donors (Lipinski definition) is 1. The number of aromatic nitrogens is 1. The number of aliphatic carboxylic acids is 1. The maximum Gasteiger partial charge on any atom is 0.303 e. The molecule has 0 aromatic carbocycles. The lowest BCUT2D eigenvalue weighted by Gasteiger charge is -2.17. The van der Waals surface area contributed by atoms with Crippen LogP contribution in [0.2, 0.25) is 0 Å². The van der Waals surface area contributed by atoms with Gasteiger partial charge in [0.2, 0.25) is 5.88 Å². The number of carbonyl (C=O) groups is 1. The first kappa shape index (κ1) is 15.5. The molecule has 0 fully saturated rings. The van der Waals surface area contributed by atoms with E-state index in [0.717, 1.165) is 31.2 Å². The average molecular weight is 265 g/mol. The van der Waals surface area contributed by atoms with Gasteiger partial charge < -0.3 is 9.84 Å². The molecule has 1 unspecified atom stereocenters. The predicted molar refractivity (Wildman–Crippen MR) is 74.5 cm³/mol. The first-order chi connectivity index (χ1) is 9.19. The van der Waals surface area contributed by atoms with Crippen molar-refractivity contribution in [3.8, 4) is 5.88 Å². The molecule has 0 aliphatic heterocycles. The molecule has 19 heavy (non-hydrogen) atoms. The van der Waals surface area contributed by atoms with Crippen LogP contribution in [0.5, 0.6) is 5.88 Å². The zero-order valence-electron chi connectivity index (χ0n) is 11.8. The Morgan fingerprint density at radius 1 is 1.42 bits per heavy atom. The van der Waals surface area contributed by atoms with E-state index in [-0.39, 0.29) is 12.3 Å². The molecule has 0 aliphatic rings. The molecule has 0 saturated carbocycles. The topological polar surface area (TPSA) is 59.4 Å². The Morgan fingerprint density at radius 3 is 2.84 bits per heavy atom. The van der Waals surface area contributed by atoms with Gasteiger partial charge in [-0.1, -0.05) is 32.3 Å². The van der Waals surface area contributed by atoms with E-state index < -0.39 is 5.97 Å². The van der Waals surface area contributed by atoms with E-state index in [1.807, 2.05) is 19.1 Å². The van der Waals surface area contributed by atoms with E-state index in [0.29, 0.717) is 12.5 Å². The molecule has 106 valence electrons. The summed E-state index contributed by atoms with van der Waals surface area (Å²) in [5.41, 5.74) is 0.919. The van der Waals surface area contributed by atoms with Crippen LogP contribution in [0.15, 0.2) is 18.3 Å². The van der Waals surface area contributed by atoms with Gasteiger partial charge in [0.15, 0.2) is 0 Å². The van der Waals surface area contributed by atoms with Crippen LogP contribution in [-0.4, -0.2) is 22.7 Å². The van der Waals surface area contributed by atoms with Crippen molar-refractivity contribution in [3.63, 3.8) is 0 Å². The predicted octanol–water partition coefficient (Wildman–Crippen LogP) is 3.62. The highest BCUT2D eigenvalue weighted by molar-refractivity contribution is 5.68. The van der Waals surface area contributed by atoms with Gasteiger partial charge in [-0.25, -0.2) is 4.98 Å². The molecule has 1 atom stereocenters. The number of unbranched alkanes of at least 4 members (excludes halogenated alkanes) is 2. The third kappa shape index (κ3) is 5.28. The summed E-state index contributed by atoms with van der Waals surface area (Å²) in [5, 5.41) is 9.06. The summed E-state index contributed by atoms with van der Waals surface area (Å²) in [6.07, 6.45) is 5.97. The summed E-state index contributed by atoms with van der Waals surface area (Å²) in [5.74, 6) is -0.208. The Kier molecular flexibility index (Phi) is 6.93. The zero-order chi connectivity index (χ0) is 14.1. The van der Waals surface area contributed by atoms with E-state index >= 15 is 0 Å². The van der Waals surface area contributed by atoms with Crippen LogP contribution in [-0.2, 0) is 4.79 Å². The second kappa shape index (κ2) is 8.51. The molecule has 0 bridgehead atoms. The summed E-state index contributed by atoms with van der Waals surface area (Å²) in [4.78, 5) is 15.2. The zero-order valence-corrected chi connectivity index (χ0v) is 11.8. The van der Waals surface area contributed by atoms with E-state index in [1.165, 1.54) is 0 Å². The average Bonchev–Trinajstić information content (AvgIpc) is 2.38. The van der Waals surface area contributed by atoms with E-state index in [9.17, 15) is 4.79 Å². The Bertz CT molecular complexity index is 393. The standard InChI is InChI=1S/C15H23NO3/c1-3-5-6-8-12(11-14(17)18)13-9-7-10-16-15(13)19-4-2/h7,9-10,12H,3-6,8,11H2,1-2H3,(H,17,18). The third-order valence-corrected chi connectivity index (χ3v) is 3.10. The molecule has 0 amide bonds. The summed E-state index contributed by atoms with van der Waals surface area (Å²) in [6.45, 7) is 4.59. The fraction of sp³-hybridized carbons (Fsp3) is 0.600. The number of carboxylic acid groups (broad SMARTS) is 1. The summed E-state index contributed by atoms with van der Waals surface area (Å²) >= 11 is 0. The largest absolute Gasteiger partial charge is 0.481 e. The van der Waals surface area contributed by atoms with Crippen molar-refractivity contribution in [2.24, 2.45) is 0 Å². The molecule has 1 rings (SSSR count). The van der Waals surface area contributed by atoms with Gasteiger partial charge in [0.1, 0.15) is 0 Å². The van der Waals surface area contributed by atoms with Crippen LogP contribution in [0, 0.1) is 0 Å². The monoisotopic (exact) mass is 265 g/mol. The summed E-state index contributed by atoms with van der Waals surface area (Å²) < 4.78 is 5.50. The molecule has 4 heteroatoms.